The summed E-state index contributed by atoms with van der Waals surface area (Å²) in [6.07, 6.45) is 0. The molecule has 2 rings (SSSR count). The van der Waals surface area contributed by atoms with Crippen LogP contribution in [-0.2, 0) is 0 Å². The number of rotatable bonds is 1. The number of carbonyl (C=O) groups is 1. The number of aryl methyl sites for hydroxylation is 2. The average Bonchev–Trinajstić information content (AvgIpc) is 2.58. The van der Waals surface area contributed by atoms with Crippen LogP contribution in [0.2, 0.25) is 0 Å². The first-order valence-corrected chi connectivity index (χ1v) is 4.53. The lowest BCUT2D eigenvalue weighted by Gasteiger charge is -2.03. The van der Waals surface area contributed by atoms with E-state index >= 15 is 0 Å². The molecule has 0 saturated heterocycles. The zero-order valence-electron chi connectivity index (χ0n) is 8.50. The SMILES string of the molecule is Cc1cc2oc(C(=O)O)cc2c(C)c1N. The van der Waals surface area contributed by atoms with Gasteiger partial charge < -0.3 is 15.3 Å². The van der Waals surface area contributed by atoms with Gasteiger partial charge in [-0.15, -0.1) is 0 Å². The molecule has 4 nitrogen and oxygen atoms in total. The van der Waals surface area contributed by atoms with Crippen LogP contribution in [-0.4, -0.2) is 11.1 Å². The fourth-order valence-electron chi connectivity index (χ4n) is 1.63. The van der Waals surface area contributed by atoms with Gasteiger partial charge in [0.15, 0.2) is 0 Å². The summed E-state index contributed by atoms with van der Waals surface area (Å²) in [5.41, 5.74) is 8.85. The van der Waals surface area contributed by atoms with Crippen molar-refractivity contribution in [1.82, 2.24) is 0 Å². The van der Waals surface area contributed by atoms with Gasteiger partial charge in [0.05, 0.1) is 0 Å². The molecule has 1 heterocycles. The van der Waals surface area contributed by atoms with E-state index in [1.54, 1.807) is 6.07 Å². The minimum atomic E-state index is -1.07. The van der Waals surface area contributed by atoms with Gasteiger partial charge in [-0.05, 0) is 37.1 Å². The van der Waals surface area contributed by atoms with Gasteiger partial charge in [-0.25, -0.2) is 4.79 Å². The quantitative estimate of drug-likeness (QED) is 0.700. The van der Waals surface area contributed by atoms with Crippen LogP contribution in [0.15, 0.2) is 16.5 Å². The highest BCUT2D eigenvalue weighted by atomic mass is 16.4. The summed E-state index contributed by atoms with van der Waals surface area (Å²) in [6, 6.07) is 3.26. The number of carboxylic acid groups (broad SMARTS) is 1. The zero-order chi connectivity index (χ0) is 11.2. The van der Waals surface area contributed by atoms with Crippen LogP contribution in [0, 0.1) is 13.8 Å². The minimum Gasteiger partial charge on any atom is -0.475 e. The Morgan fingerprint density at radius 2 is 2.07 bits per heavy atom. The zero-order valence-corrected chi connectivity index (χ0v) is 8.50. The minimum absolute atomic E-state index is 0.0573. The van der Waals surface area contributed by atoms with Crippen LogP contribution in [0.5, 0.6) is 0 Å². The highest BCUT2D eigenvalue weighted by Gasteiger charge is 2.14. The lowest BCUT2D eigenvalue weighted by molar-refractivity contribution is 0.0665. The molecule has 1 aromatic heterocycles. The van der Waals surface area contributed by atoms with Crippen molar-refractivity contribution in [2.75, 3.05) is 5.73 Å². The largest absolute Gasteiger partial charge is 0.475 e. The number of carboxylic acids is 1. The predicted molar refractivity (Wildman–Crippen MR) is 57.1 cm³/mol. The molecule has 0 aliphatic heterocycles. The van der Waals surface area contributed by atoms with Gasteiger partial charge in [0.2, 0.25) is 5.76 Å². The monoisotopic (exact) mass is 205 g/mol. The number of fused-ring (bicyclic) bond motifs is 1. The van der Waals surface area contributed by atoms with E-state index in [0.717, 1.165) is 16.5 Å². The molecule has 15 heavy (non-hydrogen) atoms. The Morgan fingerprint density at radius 3 is 2.67 bits per heavy atom. The van der Waals surface area contributed by atoms with Crippen molar-refractivity contribution < 1.29 is 14.3 Å². The van der Waals surface area contributed by atoms with Crippen molar-refractivity contribution in [1.29, 1.82) is 0 Å². The maximum Gasteiger partial charge on any atom is 0.371 e. The molecule has 0 aliphatic carbocycles. The molecule has 78 valence electrons. The van der Waals surface area contributed by atoms with E-state index in [0.29, 0.717) is 11.3 Å². The fraction of sp³-hybridized carbons (Fsp3) is 0.182. The molecule has 0 amide bonds. The molecule has 0 fully saturated rings. The molecule has 3 N–H and O–H groups in total. The second-order valence-electron chi connectivity index (χ2n) is 3.56. The second-order valence-corrected chi connectivity index (χ2v) is 3.56. The van der Waals surface area contributed by atoms with Crippen molar-refractivity contribution >= 4 is 22.6 Å². The van der Waals surface area contributed by atoms with E-state index in [1.165, 1.54) is 6.07 Å². The highest BCUT2D eigenvalue weighted by molar-refractivity contribution is 5.94. The van der Waals surface area contributed by atoms with Crippen molar-refractivity contribution in [3.8, 4) is 0 Å². The molecule has 0 atom stereocenters. The van der Waals surface area contributed by atoms with E-state index < -0.39 is 5.97 Å². The van der Waals surface area contributed by atoms with Crippen molar-refractivity contribution in [3.05, 3.63) is 29.0 Å². The lowest BCUT2D eigenvalue weighted by atomic mass is 10.1. The molecule has 4 heteroatoms. The second kappa shape index (κ2) is 3.02. The highest BCUT2D eigenvalue weighted by Crippen LogP contribution is 2.29. The first-order valence-electron chi connectivity index (χ1n) is 4.53. The first kappa shape index (κ1) is 9.58. The molecule has 0 saturated carbocycles. The average molecular weight is 205 g/mol. The van der Waals surface area contributed by atoms with Gasteiger partial charge in [0.25, 0.3) is 0 Å². The van der Waals surface area contributed by atoms with Gasteiger partial charge in [-0.3, -0.25) is 0 Å². The summed E-state index contributed by atoms with van der Waals surface area (Å²) >= 11 is 0. The maximum absolute atomic E-state index is 10.7. The van der Waals surface area contributed by atoms with Crippen LogP contribution < -0.4 is 5.73 Å². The molecule has 0 aliphatic rings. The topological polar surface area (TPSA) is 76.5 Å². The number of nitrogen functional groups attached to an aromatic ring is 1. The Bertz CT molecular complexity index is 554. The van der Waals surface area contributed by atoms with E-state index in [4.69, 9.17) is 15.3 Å². The predicted octanol–water partition coefficient (Wildman–Crippen LogP) is 2.33. The lowest BCUT2D eigenvalue weighted by Crippen LogP contribution is -1.93. The van der Waals surface area contributed by atoms with Crippen LogP contribution in [0.25, 0.3) is 11.0 Å². The summed E-state index contributed by atoms with van der Waals surface area (Å²) in [4.78, 5) is 10.7. The van der Waals surface area contributed by atoms with Gasteiger partial charge in [-0.2, -0.15) is 0 Å². The summed E-state index contributed by atoms with van der Waals surface area (Å²) in [6.45, 7) is 3.72. The molecule has 0 radical (unpaired) electrons. The van der Waals surface area contributed by atoms with Gasteiger partial charge in [-0.1, -0.05) is 0 Å². The van der Waals surface area contributed by atoms with Crippen LogP contribution in [0.4, 0.5) is 5.69 Å². The number of furan rings is 1. The third kappa shape index (κ3) is 1.34. The normalized spacial score (nSPS) is 10.8. The van der Waals surface area contributed by atoms with E-state index in [9.17, 15) is 4.79 Å². The van der Waals surface area contributed by atoms with Crippen LogP contribution in [0.3, 0.4) is 0 Å². The first-order chi connectivity index (χ1) is 7.00. The number of benzene rings is 1. The summed E-state index contributed by atoms with van der Waals surface area (Å²) in [5.74, 6) is -1.13. The molecule has 0 bridgehead atoms. The van der Waals surface area contributed by atoms with Gasteiger partial charge in [0.1, 0.15) is 5.58 Å². The molecule has 0 spiro atoms. The van der Waals surface area contributed by atoms with Crippen molar-refractivity contribution in [2.24, 2.45) is 0 Å². The van der Waals surface area contributed by atoms with E-state index in [1.807, 2.05) is 13.8 Å². The molecule has 0 unspecified atom stereocenters. The molecular weight excluding hydrogens is 194 g/mol. The Morgan fingerprint density at radius 1 is 1.40 bits per heavy atom. The van der Waals surface area contributed by atoms with E-state index in [2.05, 4.69) is 0 Å². The fourth-order valence-corrected chi connectivity index (χ4v) is 1.63. The number of hydrogen-bond acceptors (Lipinski definition) is 3. The Balaban J connectivity index is 2.82. The van der Waals surface area contributed by atoms with Crippen molar-refractivity contribution in [3.63, 3.8) is 0 Å². The number of anilines is 1. The maximum atomic E-state index is 10.7. The third-order valence-electron chi connectivity index (χ3n) is 2.55. The number of nitrogens with two attached hydrogens (primary N) is 1. The molecule has 2 aromatic rings. The molecule has 1 aromatic carbocycles. The third-order valence-corrected chi connectivity index (χ3v) is 2.55. The summed E-state index contributed by atoms with van der Waals surface area (Å²) in [5, 5.41) is 9.55. The summed E-state index contributed by atoms with van der Waals surface area (Å²) < 4.78 is 5.19. The number of aromatic carboxylic acids is 1. The molecular formula is C11H11NO3. The summed E-state index contributed by atoms with van der Waals surface area (Å²) in [7, 11) is 0. The van der Waals surface area contributed by atoms with Crippen LogP contribution in [0.1, 0.15) is 21.7 Å². The number of hydrogen-bond donors (Lipinski definition) is 2. The van der Waals surface area contributed by atoms with Gasteiger partial charge >= 0.3 is 5.97 Å². The van der Waals surface area contributed by atoms with Crippen LogP contribution >= 0.6 is 0 Å². The Kier molecular flexibility index (Phi) is 1.93. The Hall–Kier alpha value is -1.97. The smallest absolute Gasteiger partial charge is 0.371 e. The van der Waals surface area contributed by atoms with Crippen molar-refractivity contribution in [2.45, 2.75) is 13.8 Å². The van der Waals surface area contributed by atoms with Gasteiger partial charge in [0, 0.05) is 11.1 Å². The Labute approximate surface area is 86.3 Å². The van der Waals surface area contributed by atoms with E-state index in [-0.39, 0.29) is 5.76 Å². The standard InChI is InChI=1S/C11H11NO3/c1-5-3-8-7(6(2)10(5)12)4-9(15-8)11(13)14/h3-4H,12H2,1-2H3,(H,13,14).